The van der Waals surface area contributed by atoms with Crippen molar-refractivity contribution in [1.29, 1.82) is 0 Å². The lowest BCUT2D eigenvalue weighted by Crippen LogP contribution is -2.48. The van der Waals surface area contributed by atoms with Crippen LogP contribution in [-0.2, 0) is 23.9 Å². The Hall–Kier alpha value is -1.37. The standard InChI is InChI=1S/C8H13NO5S/c1-4-7(11)9-8(2,3)5-15(12,13)14-6-10/h4,6H,1,5H2,2-3H3,(H,9,11). The van der Waals surface area contributed by atoms with Gasteiger partial charge in [-0.05, 0) is 19.9 Å². The van der Waals surface area contributed by atoms with Gasteiger partial charge in [0.15, 0.2) is 0 Å². The Morgan fingerprint density at radius 2 is 2.07 bits per heavy atom. The molecule has 1 N–H and O–H groups in total. The van der Waals surface area contributed by atoms with Crippen molar-refractivity contribution in [1.82, 2.24) is 5.32 Å². The molecule has 7 heteroatoms. The third-order valence-corrected chi connectivity index (χ3v) is 2.82. The van der Waals surface area contributed by atoms with Crippen LogP contribution in [0.5, 0.6) is 0 Å². The van der Waals surface area contributed by atoms with Crippen molar-refractivity contribution in [2.24, 2.45) is 0 Å². The van der Waals surface area contributed by atoms with E-state index >= 15 is 0 Å². The summed E-state index contributed by atoms with van der Waals surface area (Å²) in [4.78, 5) is 20.8. The van der Waals surface area contributed by atoms with Gasteiger partial charge in [0, 0.05) is 0 Å². The van der Waals surface area contributed by atoms with Gasteiger partial charge in [-0.2, -0.15) is 8.42 Å². The molecule has 1 amide bonds. The highest BCUT2D eigenvalue weighted by molar-refractivity contribution is 7.87. The fraction of sp³-hybridized carbons (Fsp3) is 0.500. The lowest BCUT2D eigenvalue weighted by atomic mass is 10.1. The molecule has 0 fully saturated rings. The number of hydrogen-bond donors (Lipinski definition) is 1. The molecule has 0 rings (SSSR count). The minimum absolute atomic E-state index is 0.166. The SMILES string of the molecule is C=CC(=O)NC(C)(C)CS(=O)(=O)OC=O. The smallest absolute Gasteiger partial charge is 0.313 e. The van der Waals surface area contributed by atoms with Crippen LogP contribution in [0.3, 0.4) is 0 Å². The van der Waals surface area contributed by atoms with E-state index in [2.05, 4.69) is 16.1 Å². The molecule has 0 aromatic heterocycles. The number of rotatable bonds is 6. The Bertz CT molecular complexity index is 357. The van der Waals surface area contributed by atoms with Crippen LogP contribution in [0.15, 0.2) is 12.7 Å². The zero-order chi connectivity index (χ0) is 12.1. The van der Waals surface area contributed by atoms with Crippen molar-refractivity contribution in [2.45, 2.75) is 19.4 Å². The molecule has 0 radical (unpaired) electrons. The van der Waals surface area contributed by atoms with Crippen LogP contribution in [0.4, 0.5) is 0 Å². The van der Waals surface area contributed by atoms with E-state index in [-0.39, 0.29) is 6.47 Å². The van der Waals surface area contributed by atoms with Gasteiger partial charge in [0.25, 0.3) is 0 Å². The largest absolute Gasteiger partial charge is 0.348 e. The molecule has 0 bridgehead atoms. The van der Waals surface area contributed by atoms with Crippen LogP contribution in [0.25, 0.3) is 0 Å². The van der Waals surface area contributed by atoms with Crippen LogP contribution < -0.4 is 5.32 Å². The molecule has 0 saturated heterocycles. The van der Waals surface area contributed by atoms with E-state index in [9.17, 15) is 18.0 Å². The molecule has 0 saturated carbocycles. The van der Waals surface area contributed by atoms with Crippen LogP contribution >= 0.6 is 0 Å². The summed E-state index contributed by atoms with van der Waals surface area (Å²) in [7, 11) is -3.96. The Labute approximate surface area is 88.4 Å². The quantitative estimate of drug-likeness (QED) is 0.383. The molecule has 0 atom stereocenters. The maximum atomic E-state index is 11.1. The number of nitrogens with one attached hydrogen (secondary N) is 1. The van der Waals surface area contributed by atoms with Gasteiger partial charge < -0.3 is 9.50 Å². The maximum absolute atomic E-state index is 11.1. The lowest BCUT2D eigenvalue weighted by Gasteiger charge is -2.24. The minimum atomic E-state index is -3.96. The van der Waals surface area contributed by atoms with E-state index in [1.54, 1.807) is 0 Å². The second-order valence-electron chi connectivity index (χ2n) is 3.47. The maximum Gasteiger partial charge on any atom is 0.313 e. The molecule has 0 aromatic rings. The van der Waals surface area contributed by atoms with Crippen molar-refractivity contribution in [3.05, 3.63) is 12.7 Å². The zero-order valence-electron chi connectivity index (χ0n) is 8.52. The first-order valence-corrected chi connectivity index (χ1v) is 5.59. The minimum Gasteiger partial charge on any atom is -0.348 e. The predicted octanol–water partition coefficient (Wildman–Crippen LogP) is -0.430. The van der Waals surface area contributed by atoms with E-state index < -0.39 is 27.3 Å². The fourth-order valence-corrected chi connectivity index (χ4v) is 2.10. The molecule has 15 heavy (non-hydrogen) atoms. The normalized spacial score (nSPS) is 11.6. The van der Waals surface area contributed by atoms with E-state index in [1.807, 2.05) is 0 Å². The summed E-state index contributed by atoms with van der Waals surface area (Å²) in [5, 5.41) is 2.39. The first-order valence-electron chi connectivity index (χ1n) is 4.01. The molecule has 0 aliphatic rings. The average Bonchev–Trinajstić information content (AvgIpc) is 2.00. The number of amides is 1. The molecule has 0 aliphatic carbocycles. The first-order chi connectivity index (χ1) is 6.72. The first kappa shape index (κ1) is 13.6. The fourth-order valence-electron chi connectivity index (χ4n) is 0.956. The van der Waals surface area contributed by atoms with E-state index in [1.165, 1.54) is 13.8 Å². The second kappa shape index (κ2) is 4.92. The Morgan fingerprint density at radius 1 is 1.53 bits per heavy atom. The highest BCUT2D eigenvalue weighted by Gasteiger charge is 2.28. The highest BCUT2D eigenvalue weighted by Crippen LogP contribution is 2.07. The van der Waals surface area contributed by atoms with Gasteiger partial charge in [-0.1, -0.05) is 6.58 Å². The summed E-state index contributed by atoms with van der Waals surface area (Å²) in [5.41, 5.74) is -1.03. The molecule has 86 valence electrons. The molecular formula is C8H13NO5S. The Morgan fingerprint density at radius 3 is 2.47 bits per heavy atom. The van der Waals surface area contributed by atoms with Crippen molar-refractivity contribution < 1.29 is 22.2 Å². The van der Waals surface area contributed by atoms with E-state index in [0.29, 0.717) is 0 Å². The number of hydrogen-bond acceptors (Lipinski definition) is 5. The van der Waals surface area contributed by atoms with Crippen LogP contribution in [-0.4, -0.2) is 32.1 Å². The van der Waals surface area contributed by atoms with Gasteiger partial charge in [0.2, 0.25) is 5.91 Å². The van der Waals surface area contributed by atoms with Crippen LogP contribution in [0.1, 0.15) is 13.8 Å². The third-order valence-electron chi connectivity index (χ3n) is 1.37. The topological polar surface area (TPSA) is 89.5 Å². The van der Waals surface area contributed by atoms with Crippen LogP contribution in [0, 0.1) is 0 Å². The summed E-state index contributed by atoms with van der Waals surface area (Å²) in [5.74, 6) is -1.00. The molecule has 0 aliphatic heterocycles. The van der Waals surface area contributed by atoms with Crippen LogP contribution in [0.2, 0.25) is 0 Å². The predicted molar refractivity (Wildman–Crippen MR) is 53.4 cm³/mol. The number of carbonyl (C=O) groups excluding carboxylic acids is 2. The van der Waals surface area contributed by atoms with Gasteiger partial charge in [0.1, 0.15) is 5.75 Å². The molecule has 0 unspecified atom stereocenters. The average molecular weight is 235 g/mol. The lowest BCUT2D eigenvalue weighted by molar-refractivity contribution is -0.120. The molecular weight excluding hydrogens is 222 g/mol. The Kier molecular flexibility index (Phi) is 4.47. The number of carbonyl (C=O) groups is 2. The molecule has 0 heterocycles. The highest BCUT2D eigenvalue weighted by atomic mass is 32.2. The van der Waals surface area contributed by atoms with Crippen molar-refractivity contribution in [3.8, 4) is 0 Å². The molecule has 6 nitrogen and oxygen atoms in total. The van der Waals surface area contributed by atoms with Gasteiger partial charge in [-0.3, -0.25) is 9.59 Å². The summed E-state index contributed by atoms with van der Waals surface area (Å²) in [6.45, 7) is 6.04. The van der Waals surface area contributed by atoms with Gasteiger partial charge in [-0.25, -0.2) is 0 Å². The summed E-state index contributed by atoms with van der Waals surface area (Å²) < 4.78 is 26.1. The van der Waals surface area contributed by atoms with Crippen molar-refractivity contribution in [2.75, 3.05) is 5.75 Å². The third kappa shape index (κ3) is 5.84. The van der Waals surface area contributed by atoms with E-state index in [4.69, 9.17) is 0 Å². The van der Waals surface area contributed by atoms with Crippen molar-refractivity contribution >= 4 is 22.5 Å². The summed E-state index contributed by atoms with van der Waals surface area (Å²) in [6, 6.07) is 0. The van der Waals surface area contributed by atoms with Gasteiger partial charge >= 0.3 is 16.6 Å². The molecule has 0 aromatic carbocycles. The van der Waals surface area contributed by atoms with Gasteiger partial charge in [0.05, 0.1) is 5.54 Å². The Balaban J connectivity index is 4.56. The van der Waals surface area contributed by atoms with Gasteiger partial charge in [-0.15, -0.1) is 0 Å². The molecule has 0 spiro atoms. The second-order valence-corrected chi connectivity index (χ2v) is 5.07. The van der Waals surface area contributed by atoms with Crippen molar-refractivity contribution in [3.63, 3.8) is 0 Å². The summed E-state index contributed by atoms with van der Waals surface area (Å²) in [6.07, 6.45) is 1.02. The monoisotopic (exact) mass is 235 g/mol. The van der Waals surface area contributed by atoms with E-state index in [0.717, 1.165) is 6.08 Å². The zero-order valence-corrected chi connectivity index (χ0v) is 9.33. The summed E-state index contributed by atoms with van der Waals surface area (Å²) >= 11 is 0.